The molecule has 0 saturated heterocycles. The number of carbonyl (C=O) groups is 1. The topological polar surface area (TPSA) is 135 Å². The summed E-state index contributed by atoms with van der Waals surface area (Å²) >= 11 is 0. The number of rotatable bonds is 6. The highest BCUT2D eigenvalue weighted by molar-refractivity contribution is 7.90. The van der Waals surface area contributed by atoms with E-state index in [-0.39, 0.29) is 27.6 Å². The van der Waals surface area contributed by atoms with Gasteiger partial charge in [0.1, 0.15) is 11.4 Å². The number of halogens is 4. The monoisotopic (exact) mass is 563 g/mol. The zero-order valence-corrected chi connectivity index (χ0v) is 21.7. The van der Waals surface area contributed by atoms with Gasteiger partial charge in [-0.1, -0.05) is 6.07 Å². The maximum absolute atomic E-state index is 15.3. The van der Waals surface area contributed by atoms with Crippen LogP contribution in [0.3, 0.4) is 0 Å². The number of alkyl halides is 3. The molecule has 14 heteroatoms. The Hall–Kier alpha value is -4.12. The van der Waals surface area contributed by atoms with Gasteiger partial charge in [0.2, 0.25) is 5.88 Å². The van der Waals surface area contributed by atoms with E-state index >= 15 is 4.39 Å². The summed E-state index contributed by atoms with van der Waals surface area (Å²) in [5.74, 6) is -2.94. The van der Waals surface area contributed by atoms with Gasteiger partial charge in [-0.15, -0.1) is 10.2 Å². The van der Waals surface area contributed by atoms with Crippen molar-refractivity contribution in [3.8, 4) is 17.8 Å². The van der Waals surface area contributed by atoms with Crippen LogP contribution in [0.15, 0.2) is 35.4 Å². The van der Waals surface area contributed by atoms with Crippen LogP contribution in [0, 0.1) is 31.0 Å². The number of benzene rings is 1. The maximum atomic E-state index is 15.3. The maximum Gasteiger partial charge on any atom is 0.435 e. The van der Waals surface area contributed by atoms with Crippen LogP contribution >= 0.6 is 0 Å². The van der Waals surface area contributed by atoms with Crippen molar-refractivity contribution in [3.63, 3.8) is 0 Å². The van der Waals surface area contributed by atoms with Crippen molar-refractivity contribution in [1.29, 1.82) is 5.26 Å². The van der Waals surface area contributed by atoms with Gasteiger partial charge in [0, 0.05) is 29.3 Å². The van der Waals surface area contributed by atoms with Crippen molar-refractivity contribution in [1.82, 2.24) is 15.2 Å². The summed E-state index contributed by atoms with van der Waals surface area (Å²) < 4.78 is 85.3. The van der Waals surface area contributed by atoms with Gasteiger partial charge < -0.3 is 10.1 Å². The Morgan fingerprint density at radius 1 is 1.15 bits per heavy atom. The lowest BCUT2D eigenvalue weighted by atomic mass is 9.65. The van der Waals surface area contributed by atoms with Gasteiger partial charge in [-0.3, -0.25) is 4.79 Å². The fraction of sp³-hybridized carbons (Fsp3) is 0.320. The van der Waals surface area contributed by atoms with E-state index < -0.39 is 55.9 Å². The molecule has 0 bridgehead atoms. The van der Waals surface area contributed by atoms with Crippen LogP contribution in [0.2, 0.25) is 0 Å². The molecule has 1 fully saturated rings. The lowest BCUT2D eigenvalue weighted by molar-refractivity contribution is -0.142. The van der Waals surface area contributed by atoms with Crippen LogP contribution in [0.5, 0.6) is 11.8 Å². The van der Waals surface area contributed by atoms with E-state index in [4.69, 9.17) is 4.74 Å². The minimum Gasteiger partial charge on any atom is -0.418 e. The number of sulfone groups is 1. The number of anilines is 1. The number of amides is 1. The molecule has 1 amide bonds. The zero-order valence-electron chi connectivity index (χ0n) is 20.9. The standard InChI is InChI=1S/C25H21F4N5O4S/c1-13-18(21(35)32-15-6-4-7-16(10-15)39(3,36)37)23(34-33-20(13)25(27,28)29)38-22-14(2)19(26)17(11-31-22)24(12-30)8-5-9-24/h4,6-7,10-11H,5,8-9H2,1-3H3,(H,32,35). The number of hydrogen-bond acceptors (Lipinski definition) is 8. The summed E-state index contributed by atoms with van der Waals surface area (Å²) in [4.78, 5) is 17.1. The first-order valence-electron chi connectivity index (χ1n) is 11.5. The summed E-state index contributed by atoms with van der Waals surface area (Å²) in [7, 11) is -3.64. The lowest BCUT2D eigenvalue weighted by Crippen LogP contribution is -2.33. The predicted molar refractivity (Wildman–Crippen MR) is 129 cm³/mol. The number of ether oxygens (including phenoxy) is 1. The minimum atomic E-state index is -4.96. The van der Waals surface area contributed by atoms with E-state index in [9.17, 15) is 31.6 Å². The molecular weight excluding hydrogens is 542 g/mol. The van der Waals surface area contributed by atoms with Gasteiger partial charge >= 0.3 is 6.18 Å². The third kappa shape index (κ3) is 5.26. The fourth-order valence-corrected chi connectivity index (χ4v) is 4.84. The van der Waals surface area contributed by atoms with E-state index in [0.29, 0.717) is 12.8 Å². The van der Waals surface area contributed by atoms with Gasteiger partial charge in [0.15, 0.2) is 15.5 Å². The Balaban J connectivity index is 1.76. The minimum absolute atomic E-state index is 0.0225. The van der Waals surface area contributed by atoms with Crippen molar-refractivity contribution in [2.24, 2.45) is 0 Å². The van der Waals surface area contributed by atoms with Crippen LogP contribution in [0.25, 0.3) is 0 Å². The second kappa shape index (κ2) is 9.88. The number of aromatic nitrogens is 3. The van der Waals surface area contributed by atoms with Crippen LogP contribution in [0.4, 0.5) is 23.2 Å². The molecule has 204 valence electrons. The molecule has 0 atom stereocenters. The van der Waals surface area contributed by atoms with Gasteiger partial charge in [-0.25, -0.2) is 17.8 Å². The quantitative estimate of drug-likeness (QED) is 0.412. The molecule has 4 rings (SSSR count). The highest BCUT2D eigenvalue weighted by atomic mass is 32.2. The molecule has 1 aliphatic carbocycles. The van der Waals surface area contributed by atoms with Gasteiger partial charge in [-0.05, 0) is 56.9 Å². The van der Waals surface area contributed by atoms with Crippen molar-refractivity contribution in [3.05, 3.63) is 64.2 Å². The zero-order chi connectivity index (χ0) is 28.8. The molecule has 39 heavy (non-hydrogen) atoms. The van der Waals surface area contributed by atoms with Gasteiger partial charge in [0.25, 0.3) is 11.8 Å². The third-order valence-electron chi connectivity index (χ3n) is 6.53. The molecule has 9 nitrogen and oxygen atoms in total. The molecule has 1 aromatic carbocycles. The first kappa shape index (κ1) is 27.9. The number of hydrogen-bond donors (Lipinski definition) is 1. The second-order valence-electron chi connectivity index (χ2n) is 9.17. The Labute approximate surface area is 220 Å². The predicted octanol–water partition coefficient (Wildman–Crippen LogP) is 5.04. The molecule has 0 aliphatic heterocycles. The molecular formula is C25H21F4N5O4S. The number of carbonyl (C=O) groups excluding carboxylic acids is 1. The van der Waals surface area contributed by atoms with Crippen molar-refractivity contribution in [2.45, 2.75) is 49.6 Å². The summed E-state index contributed by atoms with van der Waals surface area (Å²) in [6.07, 6.45) is -1.23. The fourth-order valence-electron chi connectivity index (χ4n) is 4.18. The van der Waals surface area contributed by atoms with Gasteiger partial charge in [0.05, 0.1) is 16.4 Å². The van der Waals surface area contributed by atoms with E-state index in [1.54, 1.807) is 0 Å². The Bertz CT molecular complexity index is 1630. The van der Waals surface area contributed by atoms with E-state index in [1.807, 2.05) is 0 Å². The normalized spacial score (nSPS) is 14.7. The first-order chi connectivity index (χ1) is 18.2. The van der Waals surface area contributed by atoms with Crippen LogP contribution in [0.1, 0.15) is 52.0 Å². The molecule has 1 saturated carbocycles. The Morgan fingerprint density at radius 3 is 2.41 bits per heavy atom. The van der Waals surface area contributed by atoms with E-state index in [2.05, 4.69) is 26.6 Å². The Morgan fingerprint density at radius 2 is 1.85 bits per heavy atom. The van der Waals surface area contributed by atoms with E-state index in [1.165, 1.54) is 25.1 Å². The molecule has 2 aromatic heterocycles. The first-order valence-corrected chi connectivity index (χ1v) is 13.4. The third-order valence-corrected chi connectivity index (χ3v) is 7.64. The molecule has 1 aliphatic rings. The number of nitriles is 1. The molecule has 0 spiro atoms. The van der Waals surface area contributed by atoms with Crippen LogP contribution in [-0.4, -0.2) is 35.8 Å². The van der Waals surface area contributed by atoms with E-state index in [0.717, 1.165) is 31.9 Å². The molecule has 3 aromatic rings. The number of pyridine rings is 1. The number of nitrogens with zero attached hydrogens (tertiary/aromatic N) is 4. The largest absolute Gasteiger partial charge is 0.435 e. The van der Waals surface area contributed by atoms with Crippen LogP contribution < -0.4 is 10.1 Å². The molecule has 0 unspecified atom stereocenters. The van der Waals surface area contributed by atoms with Crippen molar-refractivity contribution in [2.75, 3.05) is 11.6 Å². The lowest BCUT2D eigenvalue weighted by Gasteiger charge is -2.35. The number of nitrogens with one attached hydrogen (secondary N) is 1. The summed E-state index contributed by atoms with van der Waals surface area (Å²) in [5.41, 5.74) is -3.84. The van der Waals surface area contributed by atoms with Gasteiger partial charge in [-0.2, -0.15) is 18.4 Å². The highest BCUT2D eigenvalue weighted by Gasteiger charge is 2.42. The summed E-state index contributed by atoms with van der Waals surface area (Å²) in [6.45, 7) is 2.30. The molecule has 2 heterocycles. The molecule has 0 radical (unpaired) electrons. The summed E-state index contributed by atoms with van der Waals surface area (Å²) in [5, 5.41) is 18.5. The average Bonchev–Trinajstić information content (AvgIpc) is 2.81. The Kier molecular flexibility index (Phi) is 7.07. The average molecular weight is 564 g/mol. The highest BCUT2D eigenvalue weighted by Crippen LogP contribution is 2.45. The second-order valence-corrected chi connectivity index (χ2v) is 11.2. The SMILES string of the molecule is Cc1c(Oc2nnc(C(F)(F)F)c(C)c2C(=O)Nc2cccc(S(C)(=O)=O)c2)ncc(C2(C#N)CCC2)c1F. The summed E-state index contributed by atoms with van der Waals surface area (Å²) in [6, 6.07) is 7.22. The van der Waals surface area contributed by atoms with Crippen molar-refractivity contribution < 1.29 is 35.5 Å². The van der Waals surface area contributed by atoms with Crippen molar-refractivity contribution >= 4 is 21.4 Å². The van der Waals surface area contributed by atoms with Crippen LogP contribution in [-0.2, 0) is 21.4 Å². The molecule has 1 N–H and O–H groups in total. The smallest absolute Gasteiger partial charge is 0.418 e.